The van der Waals surface area contributed by atoms with Gasteiger partial charge in [-0.15, -0.1) is 0 Å². The molecule has 0 bridgehead atoms. The highest BCUT2D eigenvalue weighted by molar-refractivity contribution is 7.90. The van der Waals surface area contributed by atoms with Crippen molar-refractivity contribution in [3.8, 4) is 0 Å². The van der Waals surface area contributed by atoms with Gasteiger partial charge < -0.3 is 5.32 Å². The lowest BCUT2D eigenvalue weighted by Crippen LogP contribution is -2.23. The number of benzene rings is 1. The molecule has 2 aromatic heterocycles. The van der Waals surface area contributed by atoms with E-state index in [1.54, 1.807) is 30.5 Å². The van der Waals surface area contributed by atoms with Crippen LogP contribution in [0.25, 0.3) is 0 Å². The van der Waals surface area contributed by atoms with E-state index in [1.807, 2.05) is 26.0 Å². The molecule has 0 unspecified atom stereocenters. The molecule has 0 radical (unpaired) electrons. The molecule has 0 spiro atoms. The van der Waals surface area contributed by atoms with Crippen molar-refractivity contribution >= 4 is 15.9 Å². The zero-order valence-corrected chi connectivity index (χ0v) is 15.3. The number of rotatable bonds is 5. The van der Waals surface area contributed by atoms with Crippen LogP contribution in [0.2, 0.25) is 0 Å². The summed E-state index contributed by atoms with van der Waals surface area (Å²) in [5.74, 6) is -0.354. The van der Waals surface area contributed by atoms with Gasteiger partial charge in [-0.25, -0.2) is 12.4 Å². The first-order chi connectivity index (χ1) is 12.4. The van der Waals surface area contributed by atoms with Crippen LogP contribution in [0, 0.1) is 13.8 Å². The molecular weight excluding hydrogens is 350 g/mol. The maximum Gasteiger partial charge on any atom is 0.267 e. The van der Waals surface area contributed by atoms with E-state index in [0.29, 0.717) is 0 Å². The first-order valence-corrected chi connectivity index (χ1v) is 9.51. The van der Waals surface area contributed by atoms with Gasteiger partial charge in [0, 0.05) is 18.6 Å². The largest absolute Gasteiger partial charge is 0.346 e. The Morgan fingerprint density at radius 1 is 1.12 bits per heavy atom. The molecule has 7 heteroatoms. The predicted octanol–water partition coefficient (Wildman–Crippen LogP) is 2.67. The molecular formula is C19H19N3O3S. The first-order valence-electron chi connectivity index (χ1n) is 8.07. The summed E-state index contributed by atoms with van der Waals surface area (Å²) in [6.45, 7) is 4.08. The van der Waals surface area contributed by atoms with E-state index in [1.165, 1.54) is 18.5 Å². The van der Waals surface area contributed by atoms with Gasteiger partial charge in [-0.3, -0.25) is 9.78 Å². The molecule has 0 aliphatic carbocycles. The Labute approximate surface area is 152 Å². The Morgan fingerprint density at radius 2 is 1.85 bits per heavy atom. The highest BCUT2D eigenvalue weighted by Gasteiger charge is 2.18. The van der Waals surface area contributed by atoms with Gasteiger partial charge in [0.15, 0.2) is 0 Å². The maximum absolute atomic E-state index is 12.6. The van der Waals surface area contributed by atoms with Crippen LogP contribution in [0.3, 0.4) is 0 Å². The Balaban J connectivity index is 1.75. The Hall–Kier alpha value is -2.93. The normalized spacial score (nSPS) is 11.3. The molecule has 26 heavy (non-hydrogen) atoms. The number of aromatic nitrogens is 2. The summed E-state index contributed by atoms with van der Waals surface area (Å²) >= 11 is 0. The number of nitrogens with zero attached hydrogens (tertiary/aromatic N) is 2. The highest BCUT2D eigenvalue weighted by atomic mass is 32.2. The van der Waals surface area contributed by atoms with Crippen LogP contribution in [-0.4, -0.2) is 23.3 Å². The zero-order chi connectivity index (χ0) is 18.7. The molecule has 1 amide bonds. The quantitative estimate of drug-likeness (QED) is 0.750. The molecule has 0 fully saturated rings. The van der Waals surface area contributed by atoms with Gasteiger partial charge in [-0.05, 0) is 43.7 Å². The minimum Gasteiger partial charge on any atom is -0.346 e. The standard InChI is InChI=1S/C19H19N3O3S/c1-14-5-7-17(8-6-14)26(24,25)22-11-9-16(13-22)19(23)21-12-18-15(2)4-3-10-20-18/h3-11,13H,12H2,1-2H3,(H,21,23). The van der Waals surface area contributed by atoms with Crippen LogP contribution in [0.15, 0.2) is 66.0 Å². The van der Waals surface area contributed by atoms with Gasteiger partial charge >= 0.3 is 0 Å². The van der Waals surface area contributed by atoms with Crippen LogP contribution in [0.1, 0.15) is 27.2 Å². The Morgan fingerprint density at radius 3 is 2.54 bits per heavy atom. The Kier molecular flexibility index (Phi) is 4.90. The summed E-state index contributed by atoms with van der Waals surface area (Å²) in [6, 6.07) is 11.8. The van der Waals surface area contributed by atoms with E-state index in [9.17, 15) is 13.2 Å². The molecule has 134 valence electrons. The lowest BCUT2D eigenvalue weighted by molar-refractivity contribution is 0.0950. The lowest BCUT2D eigenvalue weighted by Gasteiger charge is -2.07. The maximum atomic E-state index is 12.6. The number of nitrogens with one attached hydrogen (secondary N) is 1. The number of aryl methyl sites for hydroxylation is 2. The molecule has 6 nitrogen and oxygen atoms in total. The third kappa shape index (κ3) is 3.67. The molecule has 3 rings (SSSR count). The number of amides is 1. The van der Waals surface area contributed by atoms with Gasteiger partial charge in [0.25, 0.3) is 15.9 Å². The summed E-state index contributed by atoms with van der Waals surface area (Å²) in [6.07, 6.45) is 4.35. The number of hydrogen-bond donors (Lipinski definition) is 1. The number of carbonyl (C=O) groups excluding carboxylic acids is 1. The summed E-state index contributed by atoms with van der Waals surface area (Å²) in [7, 11) is -3.72. The molecule has 0 aliphatic heterocycles. The van der Waals surface area contributed by atoms with Crippen molar-refractivity contribution in [2.75, 3.05) is 0 Å². The molecule has 0 saturated carbocycles. The van der Waals surface area contributed by atoms with E-state index in [-0.39, 0.29) is 22.9 Å². The van der Waals surface area contributed by atoms with Crippen molar-refractivity contribution in [2.24, 2.45) is 0 Å². The van der Waals surface area contributed by atoms with Crippen LogP contribution in [0.4, 0.5) is 0 Å². The average Bonchev–Trinajstić information content (AvgIpc) is 3.12. The average molecular weight is 369 g/mol. The first kappa shape index (κ1) is 17.9. The van der Waals surface area contributed by atoms with E-state index < -0.39 is 10.0 Å². The monoisotopic (exact) mass is 369 g/mol. The van der Waals surface area contributed by atoms with Crippen LogP contribution < -0.4 is 5.32 Å². The van der Waals surface area contributed by atoms with Gasteiger partial charge in [-0.2, -0.15) is 0 Å². The fourth-order valence-corrected chi connectivity index (χ4v) is 3.66. The van der Waals surface area contributed by atoms with Gasteiger partial charge in [0.2, 0.25) is 0 Å². The van der Waals surface area contributed by atoms with E-state index >= 15 is 0 Å². The minimum atomic E-state index is -3.72. The zero-order valence-electron chi connectivity index (χ0n) is 14.5. The number of carbonyl (C=O) groups is 1. The fraction of sp³-hybridized carbons (Fsp3) is 0.158. The van der Waals surface area contributed by atoms with Gasteiger partial charge in [0.05, 0.1) is 22.7 Å². The molecule has 2 heterocycles. The van der Waals surface area contributed by atoms with E-state index in [0.717, 1.165) is 20.8 Å². The van der Waals surface area contributed by atoms with E-state index in [2.05, 4.69) is 10.3 Å². The minimum absolute atomic E-state index is 0.176. The second kappa shape index (κ2) is 7.13. The fourth-order valence-electron chi connectivity index (χ4n) is 2.46. The van der Waals surface area contributed by atoms with Gasteiger partial charge in [0.1, 0.15) is 0 Å². The second-order valence-electron chi connectivity index (χ2n) is 6.00. The van der Waals surface area contributed by atoms with Crippen molar-refractivity contribution in [3.63, 3.8) is 0 Å². The third-order valence-electron chi connectivity index (χ3n) is 4.06. The van der Waals surface area contributed by atoms with Crippen molar-refractivity contribution < 1.29 is 13.2 Å². The van der Waals surface area contributed by atoms with Crippen LogP contribution in [-0.2, 0) is 16.6 Å². The highest BCUT2D eigenvalue weighted by Crippen LogP contribution is 2.16. The van der Waals surface area contributed by atoms with Crippen molar-refractivity contribution in [3.05, 3.63) is 83.4 Å². The molecule has 0 atom stereocenters. The van der Waals surface area contributed by atoms with Crippen molar-refractivity contribution in [1.82, 2.24) is 14.3 Å². The third-order valence-corrected chi connectivity index (χ3v) is 5.71. The predicted molar refractivity (Wildman–Crippen MR) is 98.3 cm³/mol. The summed E-state index contributed by atoms with van der Waals surface area (Å²) in [4.78, 5) is 16.7. The van der Waals surface area contributed by atoms with Gasteiger partial charge in [-0.1, -0.05) is 23.8 Å². The Bertz CT molecular complexity index is 1040. The number of pyridine rings is 1. The summed E-state index contributed by atoms with van der Waals surface area (Å²) < 4.78 is 26.3. The molecule has 1 aromatic carbocycles. The molecule has 1 N–H and O–H groups in total. The van der Waals surface area contributed by atoms with Crippen LogP contribution >= 0.6 is 0 Å². The van der Waals surface area contributed by atoms with Crippen LogP contribution in [0.5, 0.6) is 0 Å². The van der Waals surface area contributed by atoms with E-state index in [4.69, 9.17) is 0 Å². The SMILES string of the molecule is Cc1ccc(S(=O)(=O)n2ccc(C(=O)NCc3ncccc3C)c2)cc1. The molecule has 3 aromatic rings. The number of hydrogen-bond acceptors (Lipinski definition) is 4. The molecule has 0 saturated heterocycles. The van der Waals surface area contributed by atoms with Crippen molar-refractivity contribution in [1.29, 1.82) is 0 Å². The molecule has 0 aliphatic rings. The summed E-state index contributed by atoms with van der Waals surface area (Å²) in [5.41, 5.74) is 3.00. The smallest absolute Gasteiger partial charge is 0.267 e. The lowest BCUT2D eigenvalue weighted by atomic mass is 10.2. The van der Waals surface area contributed by atoms with Crippen molar-refractivity contribution in [2.45, 2.75) is 25.3 Å². The summed E-state index contributed by atoms with van der Waals surface area (Å²) in [5, 5.41) is 2.76. The second-order valence-corrected chi connectivity index (χ2v) is 7.84. The topological polar surface area (TPSA) is 81.1 Å².